The highest BCUT2D eigenvalue weighted by Crippen LogP contribution is 2.28. The number of nitrogens with zero attached hydrogens (tertiary/aromatic N) is 1. The first kappa shape index (κ1) is 11.8. The normalized spacial score (nSPS) is 10.5. The smallest absolute Gasteiger partial charge is 0.347 e. The summed E-state index contributed by atoms with van der Waals surface area (Å²) in [6, 6.07) is 7.80. The van der Waals surface area contributed by atoms with Crippen molar-refractivity contribution in [2.24, 2.45) is 5.73 Å². The van der Waals surface area contributed by atoms with Crippen LogP contribution < -0.4 is 5.73 Å². The minimum atomic E-state index is -0.971. The maximum Gasteiger partial charge on any atom is 0.347 e. The van der Waals surface area contributed by atoms with Crippen LogP contribution in [0.25, 0.3) is 10.6 Å². The lowest BCUT2D eigenvalue weighted by Gasteiger charge is -1.96. The number of benzene rings is 1. The molecule has 17 heavy (non-hydrogen) atoms. The van der Waals surface area contributed by atoms with E-state index < -0.39 is 5.97 Å². The maximum atomic E-state index is 11.0. The van der Waals surface area contributed by atoms with Crippen LogP contribution in [0.1, 0.15) is 20.9 Å². The average molecular weight is 248 g/mol. The molecule has 2 aromatic rings. The van der Waals surface area contributed by atoms with E-state index in [4.69, 9.17) is 10.8 Å². The molecule has 1 heterocycles. The van der Waals surface area contributed by atoms with Crippen molar-refractivity contribution in [1.29, 1.82) is 0 Å². The Bertz CT molecular complexity index is 546. The quantitative estimate of drug-likeness (QED) is 0.873. The van der Waals surface area contributed by atoms with Gasteiger partial charge < -0.3 is 10.8 Å². The van der Waals surface area contributed by atoms with Crippen molar-refractivity contribution in [3.8, 4) is 10.6 Å². The minimum Gasteiger partial charge on any atom is -0.477 e. The molecule has 1 aromatic heterocycles. The van der Waals surface area contributed by atoms with Gasteiger partial charge in [-0.2, -0.15) is 0 Å². The molecule has 5 heteroatoms. The average Bonchev–Trinajstić information content (AvgIpc) is 2.74. The van der Waals surface area contributed by atoms with E-state index in [2.05, 4.69) is 4.98 Å². The number of aromatic nitrogens is 1. The summed E-state index contributed by atoms with van der Waals surface area (Å²) in [5.41, 5.74) is 8.00. The molecule has 0 saturated heterocycles. The first-order valence-electron chi connectivity index (χ1n) is 5.12. The minimum absolute atomic E-state index is 0.143. The summed E-state index contributed by atoms with van der Waals surface area (Å²) >= 11 is 1.16. The molecule has 0 radical (unpaired) electrons. The van der Waals surface area contributed by atoms with Gasteiger partial charge in [0.05, 0.1) is 5.69 Å². The molecule has 4 nitrogen and oxygen atoms in total. The molecule has 2 rings (SSSR count). The van der Waals surface area contributed by atoms with Crippen LogP contribution in [0.3, 0.4) is 0 Å². The van der Waals surface area contributed by atoms with Gasteiger partial charge in [0.25, 0.3) is 0 Å². The van der Waals surface area contributed by atoms with E-state index in [0.29, 0.717) is 10.7 Å². The molecule has 0 bridgehead atoms. The largest absolute Gasteiger partial charge is 0.477 e. The van der Waals surface area contributed by atoms with Gasteiger partial charge in [0.2, 0.25) is 0 Å². The van der Waals surface area contributed by atoms with E-state index >= 15 is 0 Å². The molecule has 88 valence electrons. The molecule has 0 amide bonds. The summed E-state index contributed by atoms with van der Waals surface area (Å²) in [5.74, 6) is -0.971. The number of thiazole rings is 1. The highest BCUT2D eigenvalue weighted by molar-refractivity contribution is 7.17. The third-order valence-electron chi connectivity index (χ3n) is 2.38. The van der Waals surface area contributed by atoms with Crippen LogP contribution in [0.2, 0.25) is 0 Å². The van der Waals surface area contributed by atoms with Crippen molar-refractivity contribution in [2.45, 2.75) is 13.5 Å². The van der Waals surface area contributed by atoms with E-state index in [9.17, 15) is 4.79 Å². The number of carboxylic acid groups (broad SMARTS) is 1. The highest BCUT2D eigenvalue weighted by Gasteiger charge is 2.16. The summed E-state index contributed by atoms with van der Waals surface area (Å²) in [4.78, 5) is 15.5. The molecule has 0 fully saturated rings. The van der Waals surface area contributed by atoms with Crippen LogP contribution in [-0.2, 0) is 6.54 Å². The Morgan fingerprint density at radius 3 is 2.53 bits per heavy atom. The van der Waals surface area contributed by atoms with E-state index in [0.717, 1.165) is 22.5 Å². The van der Waals surface area contributed by atoms with E-state index in [1.165, 1.54) is 0 Å². The number of hydrogen-bond donors (Lipinski definition) is 2. The van der Waals surface area contributed by atoms with Crippen molar-refractivity contribution in [3.05, 3.63) is 40.4 Å². The molecular formula is C12H12N2O2S. The maximum absolute atomic E-state index is 11.0. The standard InChI is InChI=1S/C12H12N2O2S/c1-7-2-4-8(5-3-7)11-14-9(6-13)10(17-11)12(15)16/h2-5H,6,13H2,1H3,(H,15,16). The van der Waals surface area contributed by atoms with Gasteiger partial charge >= 0.3 is 5.97 Å². The first-order valence-corrected chi connectivity index (χ1v) is 5.93. The fourth-order valence-electron chi connectivity index (χ4n) is 1.48. The van der Waals surface area contributed by atoms with Crippen molar-refractivity contribution >= 4 is 17.3 Å². The van der Waals surface area contributed by atoms with Crippen LogP contribution >= 0.6 is 11.3 Å². The van der Waals surface area contributed by atoms with Crippen LogP contribution in [0, 0.1) is 6.92 Å². The summed E-state index contributed by atoms with van der Waals surface area (Å²) < 4.78 is 0. The zero-order valence-corrected chi connectivity index (χ0v) is 10.1. The molecule has 0 unspecified atom stereocenters. The second-order valence-electron chi connectivity index (χ2n) is 3.67. The molecule has 3 N–H and O–H groups in total. The summed E-state index contributed by atoms with van der Waals surface area (Å²) in [6.07, 6.45) is 0. The topological polar surface area (TPSA) is 76.2 Å². The van der Waals surface area contributed by atoms with Crippen LogP contribution in [0.15, 0.2) is 24.3 Å². The zero-order chi connectivity index (χ0) is 12.4. The lowest BCUT2D eigenvalue weighted by atomic mass is 10.2. The van der Waals surface area contributed by atoms with Gasteiger partial charge in [-0.15, -0.1) is 11.3 Å². The van der Waals surface area contributed by atoms with Crippen molar-refractivity contribution < 1.29 is 9.90 Å². The fraction of sp³-hybridized carbons (Fsp3) is 0.167. The van der Waals surface area contributed by atoms with Gasteiger partial charge in [0, 0.05) is 12.1 Å². The Hall–Kier alpha value is -1.72. The predicted octanol–water partition coefficient (Wildman–Crippen LogP) is 2.28. The first-order chi connectivity index (χ1) is 8.11. The Morgan fingerprint density at radius 2 is 2.06 bits per heavy atom. The summed E-state index contributed by atoms with van der Waals surface area (Å²) in [6.45, 7) is 2.14. The Morgan fingerprint density at radius 1 is 1.41 bits per heavy atom. The lowest BCUT2D eigenvalue weighted by molar-refractivity contribution is 0.0700. The molecule has 0 aliphatic heterocycles. The van der Waals surface area contributed by atoms with Crippen LogP contribution in [0.5, 0.6) is 0 Å². The highest BCUT2D eigenvalue weighted by atomic mass is 32.1. The SMILES string of the molecule is Cc1ccc(-c2nc(CN)c(C(=O)O)s2)cc1. The second-order valence-corrected chi connectivity index (χ2v) is 4.67. The third kappa shape index (κ3) is 2.35. The molecule has 0 saturated carbocycles. The van der Waals surface area contributed by atoms with Gasteiger partial charge in [-0.1, -0.05) is 29.8 Å². The van der Waals surface area contributed by atoms with Gasteiger partial charge in [0.15, 0.2) is 0 Å². The number of rotatable bonds is 3. The lowest BCUT2D eigenvalue weighted by Crippen LogP contribution is -2.04. The summed E-state index contributed by atoms with van der Waals surface area (Å²) in [7, 11) is 0. The monoisotopic (exact) mass is 248 g/mol. The van der Waals surface area contributed by atoms with Gasteiger partial charge in [0.1, 0.15) is 9.88 Å². The third-order valence-corrected chi connectivity index (χ3v) is 3.52. The molecule has 0 atom stereocenters. The number of hydrogen-bond acceptors (Lipinski definition) is 4. The number of nitrogens with two attached hydrogens (primary N) is 1. The predicted molar refractivity (Wildman–Crippen MR) is 67.1 cm³/mol. The van der Waals surface area contributed by atoms with Crippen LogP contribution in [-0.4, -0.2) is 16.1 Å². The number of aryl methyl sites for hydroxylation is 1. The van der Waals surface area contributed by atoms with Crippen molar-refractivity contribution in [2.75, 3.05) is 0 Å². The zero-order valence-electron chi connectivity index (χ0n) is 9.30. The Balaban J connectivity index is 2.46. The number of carbonyl (C=O) groups is 1. The van der Waals surface area contributed by atoms with Crippen molar-refractivity contribution in [1.82, 2.24) is 4.98 Å². The van der Waals surface area contributed by atoms with E-state index in [1.54, 1.807) is 0 Å². The Labute approximate surface area is 103 Å². The summed E-state index contributed by atoms with van der Waals surface area (Å²) in [5, 5.41) is 9.71. The van der Waals surface area contributed by atoms with E-state index in [1.807, 2.05) is 31.2 Å². The van der Waals surface area contributed by atoms with Crippen LogP contribution in [0.4, 0.5) is 0 Å². The Kier molecular flexibility index (Phi) is 3.21. The van der Waals surface area contributed by atoms with Gasteiger partial charge in [-0.3, -0.25) is 0 Å². The number of aromatic carboxylic acids is 1. The molecule has 0 aliphatic carbocycles. The van der Waals surface area contributed by atoms with Gasteiger partial charge in [-0.05, 0) is 6.92 Å². The molecule has 0 spiro atoms. The number of carboxylic acids is 1. The molecule has 1 aromatic carbocycles. The second kappa shape index (κ2) is 4.65. The van der Waals surface area contributed by atoms with E-state index in [-0.39, 0.29) is 11.4 Å². The van der Waals surface area contributed by atoms with Gasteiger partial charge in [-0.25, -0.2) is 9.78 Å². The molecule has 0 aliphatic rings. The fourth-order valence-corrected chi connectivity index (χ4v) is 2.41. The molecular weight excluding hydrogens is 236 g/mol. The van der Waals surface area contributed by atoms with Crippen molar-refractivity contribution in [3.63, 3.8) is 0 Å².